The van der Waals surface area contributed by atoms with E-state index in [-0.39, 0.29) is 10.6 Å². The van der Waals surface area contributed by atoms with Gasteiger partial charge in [0.05, 0.1) is 43.7 Å². The van der Waals surface area contributed by atoms with Crippen molar-refractivity contribution in [2.24, 2.45) is 0 Å². The third kappa shape index (κ3) is 3.98. The van der Waals surface area contributed by atoms with Crippen LogP contribution in [0.4, 0.5) is 4.39 Å². The maximum Gasteiger partial charge on any atom is 0.243 e. The molecule has 0 spiro atoms. The molecule has 0 amide bonds. The highest BCUT2D eigenvalue weighted by molar-refractivity contribution is 7.89. The van der Waals surface area contributed by atoms with Crippen molar-refractivity contribution in [2.45, 2.75) is 11.4 Å². The summed E-state index contributed by atoms with van der Waals surface area (Å²) in [5.74, 6) is 0.371. The third-order valence-electron chi connectivity index (χ3n) is 5.61. The number of aromatic hydroxyl groups is 1. The molecule has 8 heteroatoms. The quantitative estimate of drug-likeness (QED) is 0.646. The summed E-state index contributed by atoms with van der Waals surface area (Å²) in [6.07, 6.45) is 0. The van der Waals surface area contributed by atoms with Crippen LogP contribution in [0.2, 0.25) is 0 Å². The van der Waals surface area contributed by atoms with Gasteiger partial charge in [-0.25, -0.2) is 12.8 Å². The molecule has 6 nitrogen and oxygen atoms in total. The van der Waals surface area contributed by atoms with E-state index >= 15 is 0 Å². The Bertz CT molecular complexity index is 1170. The zero-order chi connectivity index (χ0) is 21.3. The average Bonchev–Trinajstić information content (AvgIpc) is 2.76. The van der Waals surface area contributed by atoms with Crippen molar-refractivity contribution in [1.29, 1.82) is 0 Å². The van der Waals surface area contributed by atoms with Gasteiger partial charge in [-0.05, 0) is 47.2 Å². The molecule has 2 N–H and O–H groups in total. The van der Waals surface area contributed by atoms with E-state index in [9.17, 15) is 17.9 Å². The predicted octanol–water partition coefficient (Wildman–Crippen LogP) is 1.78. The summed E-state index contributed by atoms with van der Waals surface area (Å²) in [6, 6.07) is 14.4. The van der Waals surface area contributed by atoms with Crippen molar-refractivity contribution in [2.75, 3.05) is 33.3 Å². The van der Waals surface area contributed by atoms with E-state index < -0.39 is 15.8 Å². The smallest absolute Gasteiger partial charge is 0.243 e. The van der Waals surface area contributed by atoms with Crippen LogP contribution in [-0.2, 0) is 16.6 Å². The molecule has 1 fully saturated rings. The Balaban J connectivity index is 1.51. The first-order valence-electron chi connectivity index (χ1n) is 9.76. The lowest BCUT2D eigenvalue weighted by Gasteiger charge is -2.31. The normalized spacial score (nSPS) is 16.1. The fraction of sp³-hybridized carbons (Fsp3) is 0.273. The highest BCUT2D eigenvalue weighted by atomic mass is 32.2. The molecule has 1 heterocycles. The number of nitrogens with zero attached hydrogens (tertiary/aromatic N) is 1. The Morgan fingerprint density at radius 2 is 1.83 bits per heavy atom. The summed E-state index contributed by atoms with van der Waals surface area (Å²) in [7, 11) is -2.11. The topological polar surface area (TPSA) is 71.3 Å². The van der Waals surface area contributed by atoms with Crippen molar-refractivity contribution in [3.63, 3.8) is 0 Å². The first kappa shape index (κ1) is 20.6. The van der Waals surface area contributed by atoms with Gasteiger partial charge in [0.2, 0.25) is 10.0 Å². The van der Waals surface area contributed by atoms with Gasteiger partial charge in [0.25, 0.3) is 0 Å². The van der Waals surface area contributed by atoms with Crippen LogP contribution < -0.4 is 9.64 Å². The number of sulfonamides is 1. The van der Waals surface area contributed by atoms with Gasteiger partial charge < -0.3 is 14.7 Å². The molecule has 0 aliphatic carbocycles. The summed E-state index contributed by atoms with van der Waals surface area (Å²) < 4.78 is 45.8. The van der Waals surface area contributed by atoms with Gasteiger partial charge in [0.1, 0.15) is 23.9 Å². The van der Waals surface area contributed by atoms with E-state index in [0.29, 0.717) is 32.7 Å². The van der Waals surface area contributed by atoms with E-state index in [1.165, 1.54) is 27.4 Å². The Morgan fingerprint density at radius 1 is 1.10 bits per heavy atom. The van der Waals surface area contributed by atoms with Crippen LogP contribution >= 0.6 is 0 Å². The fourth-order valence-corrected chi connectivity index (χ4v) is 5.38. The van der Waals surface area contributed by atoms with Gasteiger partial charge in [-0.3, -0.25) is 0 Å². The summed E-state index contributed by atoms with van der Waals surface area (Å²) in [6.45, 7) is 2.43. The number of piperazine rings is 1. The molecule has 1 aliphatic heterocycles. The number of halogens is 1. The molecule has 0 bridgehead atoms. The summed E-state index contributed by atoms with van der Waals surface area (Å²) in [5, 5.41) is 12.4. The van der Waals surface area contributed by atoms with Gasteiger partial charge >= 0.3 is 0 Å². The number of fused-ring (bicyclic) bond motifs is 1. The number of phenolic OH excluding ortho intramolecular Hbond substituents is 1. The molecule has 0 radical (unpaired) electrons. The van der Waals surface area contributed by atoms with Crippen LogP contribution in [0.5, 0.6) is 11.5 Å². The standard InChI is InChI=1S/C22H23FN2O4S/c1-29-18-7-5-16-6-8-22(26)21(20(16)14-18)15-24-9-11-25(12-10-24)30(27,28)19-4-2-3-17(23)13-19/h2-8,13-14,26H,9-12,15H2,1H3/p+1. The lowest BCUT2D eigenvalue weighted by molar-refractivity contribution is -0.917. The number of phenols is 1. The fourth-order valence-electron chi connectivity index (χ4n) is 3.91. The summed E-state index contributed by atoms with van der Waals surface area (Å²) >= 11 is 0. The molecule has 0 atom stereocenters. The number of ether oxygens (including phenoxy) is 1. The Hall–Kier alpha value is -2.68. The Morgan fingerprint density at radius 3 is 2.53 bits per heavy atom. The molecule has 1 saturated heterocycles. The Labute approximate surface area is 175 Å². The van der Waals surface area contributed by atoms with E-state index in [2.05, 4.69) is 0 Å². The molecule has 30 heavy (non-hydrogen) atoms. The van der Waals surface area contributed by atoms with E-state index in [4.69, 9.17) is 4.74 Å². The van der Waals surface area contributed by atoms with Crippen LogP contribution in [0.3, 0.4) is 0 Å². The SMILES string of the molecule is COc1ccc2ccc(O)c(C[NH+]3CCN(S(=O)(=O)c4cccc(F)c4)CC3)c2c1. The van der Waals surface area contributed by atoms with Crippen molar-refractivity contribution >= 4 is 20.8 Å². The number of benzene rings is 3. The maximum atomic E-state index is 13.5. The van der Waals surface area contributed by atoms with Gasteiger partial charge in [0.15, 0.2) is 0 Å². The van der Waals surface area contributed by atoms with Crippen LogP contribution in [0.1, 0.15) is 5.56 Å². The number of rotatable bonds is 5. The molecule has 0 aromatic heterocycles. The minimum Gasteiger partial charge on any atom is -0.507 e. The van der Waals surface area contributed by atoms with Crippen molar-refractivity contribution in [1.82, 2.24) is 4.31 Å². The van der Waals surface area contributed by atoms with Crippen molar-refractivity contribution in [3.8, 4) is 11.5 Å². The third-order valence-corrected chi connectivity index (χ3v) is 7.50. The predicted molar refractivity (Wildman–Crippen MR) is 112 cm³/mol. The van der Waals surface area contributed by atoms with Crippen LogP contribution in [0, 0.1) is 5.82 Å². The van der Waals surface area contributed by atoms with E-state index in [1.54, 1.807) is 13.2 Å². The van der Waals surface area contributed by atoms with Crippen molar-refractivity contribution < 1.29 is 27.6 Å². The van der Waals surface area contributed by atoms with Gasteiger partial charge in [0, 0.05) is 0 Å². The number of quaternary nitrogens is 1. The monoisotopic (exact) mass is 431 g/mol. The number of hydrogen-bond donors (Lipinski definition) is 2. The second-order valence-corrected chi connectivity index (χ2v) is 9.38. The molecule has 0 saturated carbocycles. The Kier molecular flexibility index (Phi) is 5.64. The number of methoxy groups -OCH3 is 1. The molecule has 4 rings (SSSR count). The van der Waals surface area contributed by atoms with Crippen LogP contribution in [0.15, 0.2) is 59.5 Å². The highest BCUT2D eigenvalue weighted by Gasteiger charge is 2.31. The second kappa shape index (κ2) is 8.22. The first-order valence-corrected chi connectivity index (χ1v) is 11.2. The average molecular weight is 432 g/mol. The lowest BCUT2D eigenvalue weighted by Crippen LogP contribution is -3.13. The van der Waals surface area contributed by atoms with Gasteiger partial charge in [-0.15, -0.1) is 0 Å². The maximum absolute atomic E-state index is 13.5. The summed E-state index contributed by atoms with van der Waals surface area (Å²) in [4.78, 5) is 1.15. The van der Waals surface area contributed by atoms with Crippen LogP contribution in [0.25, 0.3) is 10.8 Å². The molecule has 1 aliphatic rings. The largest absolute Gasteiger partial charge is 0.507 e. The lowest BCUT2D eigenvalue weighted by atomic mass is 10.0. The van der Waals surface area contributed by atoms with Gasteiger partial charge in [-0.1, -0.05) is 18.2 Å². The van der Waals surface area contributed by atoms with E-state index in [1.807, 2.05) is 24.3 Å². The molecular formula is C22H24FN2O4S+. The first-order chi connectivity index (χ1) is 14.4. The minimum absolute atomic E-state index is 0.0234. The molecule has 158 valence electrons. The van der Waals surface area contributed by atoms with E-state index in [0.717, 1.165) is 28.2 Å². The minimum atomic E-state index is -3.72. The molecule has 3 aromatic rings. The molecular weight excluding hydrogens is 407 g/mol. The van der Waals surface area contributed by atoms with Crippen molar-refractivity contribution in [3.05, 3.63) is 66.0 Å². The number of nitrogens with one attached hydrogen (secondary N) is 1. The summed E-state index contributed by atoms with van der Waals surface area (Å²) in [5.41, 5.74) is 0.822. The zero-order valence-corrected chi connectivity index (χ0v) is 17.5. The highest BCUT2D eigenvalue weighted by Crippen LogP contribution is 2.29. The zero-order valence-electron chi connectivity index (χ0n) is 16.6. The second-order valence-electron chi connectivity index (χ2n) is 7.44. The number of hydrogen-bond acceptors (Lipinski definition) is 4. The van der Waals surface area contributed by atoms with Crippen LogP contribution in [-0.4, -0.2) is 51.1 Å². The van der Waals surface area contributed by atoms with Gasteiger partial charge in [-0.2, -0.15) is 4.31 Å². The molecule has 3 aromatic carbocycles. The molecule has 0 unspecified atom stereocenters.